The maximum atomic E-state index is 12.0. The van der Waals surface area contributed by atoms with Crippen LogP contribution in [0.1, 0.15) is 25.3 Å². The van der Waals surface area contributed by atoms with Gasteiger partial charge in [0, 0.05) is 11.6 Å². The van der Waals surface area contributed by atoms with Crippen molar-refractivity contribution in [3.63, 3.8) is 0 Å². The molecule has 1 aromatic heterocycles. The molecule has 23 heavy (non-hydrogen) atoms. The number of amides is 1. The van der Waals surface area contributed by atoms with Gasteiger partial charge in [-0.15, -0.1) is 10.2 Å². The van der Waals surface area contributed by atoms with Gasteiger partial charge in [0.2, 0.25) is 11.1 Å². The summed E-state index contributed by atoms with van der Waals surface area (Å²) in [6.07, 6.45) is 2.43. The Morgan fingerprint density at radius 1 is 1.39 bits per heavy atom. The van der Waals surface area contributed by atoms with Crippen LogP contribution >= 0.6 is 11.8 Å². The molecule has 0 aliphatic heterocycles. The number of nitrogens with two attached hydrogens (primary N) is 1. The summed E-state index contributed by atoms with van der Waals surface area (Å²) in [5, 5.41) is 11.8. The molecular formula is C16H21N5OS. The predicted molar refractivity (Wildman–Crippen MR) is 91.4 cm³/mol. The standard InChI is InChI=1S/C16H21N5OS/c1-10-3-5-13(6-4-10)15-19-20-16(21(15)17)23-9-14(22)18-11(2)12-7-8-12/h3-6,11-12H,7-9,17H2,1-2H3,(H,18,22)/t11-/m0/s1. The number of nitrogens with one attached hydrogen (secondary N) is 1. The molecule has 3 rings (SSSR count). The molecule has 2 aromatic rings. The number of aryl methyl sites for hydroxylation is 1. The van der Waals surface area contributed by atoms with Crippen LogP contribution in [0.4, 0.5) is 0 Å². The van der Waals surface area contributed by atoms with E-state index in [1.165, 1.54) is 34.8 Å². The maximum absolute atomic E-state index is 12.0. The quantitative estimate of drug-likeness (QED) is 0.624. The van der Waals surface area contributed by atoms with Crippen molar-refractivity contribution in [2.45, 2.75) is 37.9 Å². The van der Waals surface area contributed by atoms with Crippen molar-refractivity contribution in [2.24, 2.45) is 5.92 Å². The molecule has 0 spiro atoms. The molecule has 1 saturated carbocycles. The zero-order valence-corrected chi connectivity index (χ0v) is 14.1. The summed E-state index contributed by atoms with van der Waals surface area (Å²) in [5.74, 6) is 7.60. The Morgan fingerprint density at radius 2 is 2.09 bits per heavy atom. The highest BCUT2D eigenvalue weighted by Crippen LogP contribution is 2.32. The average Bonchev–Trinajstić information content (AvgIpc) is 3.31. The van der Waals surface area contributed by atoms with E-state index in [0.717, 1.165) is 5.56 Å². The van der Waals surface area contributed by atoms with Crippen molar-refractivity contribution in [3.8, 4) is 11.4 Å². The number of hydrogen-bond acceptors (Lipinski definition) is 5. The fourth-order valence-corrected chi connectivity index (χ4v) is 3.08. The molecule has 1 atom stereocenters. The second-order valence-corrected chi connectivity index (χ2v) is 6.97. The van der Waals surface area contributed by atoms with Gasteiger partial charge < -0.3 is 11.2 Å². The summed E-state index contributed by atoms with van der Waals surface area (Å²) in [4.78, 5) is 12.0. The first-order valence-corrected chi connectivity index (χ1v) is 8.73. The number of thioether (sulfide) groups is 1. The normalized spacial score (nSPS) is 15.4. The fraction of sp³-hybridized carbons (Fsp3) is 0.438. The Morgan fingerprint density at radius 3 is 2.74 bits per heavy atom. The van der Waals surface area contributed by atoms with Crippen molar-refractivity contribution in [1.29, 1.82) is 0 Å². The van der Waals surface area contributed by atoms with Gasteiger partial charge in [-0.05, 0) is 32.6 Å². The van der Waals surface area contributed by atoms with E-state index in [4.69, 9.17) is 5.84 Å². The van der Waals surface area contributed by atoms with Gasteiger partial charge in [-0.1, -0.05) is 41.6 Å². The Balaban J connectivity index is 1.60. The van der Waals surface area contributed by atoms with Crippen LogP contribution in [0.3, 0.4) is 0 Å². The molecule has 1 aromatic carbocycles. The lowest BCUT2D eigenvalue weighted by molar-refractivity contribution is -0.119. The fourth-order valence-electron chi connectivity index (χ4n) is 2.41. The molecule has 0 saturated heterocycles. The summed E-state index contributed by atoms with van der Waals surface area (Å²) in [7, 11) is 0. The van der Waals surface area contributed by atoms with Crippen LogP contribution in [0.25, 0.3) is 11.4 Å². The minimum Gasteiger partial charge on any atom is -0.353 e. The van der Waals surface area contributed by atoms with E-state index < -0.39 is 0 Å². The molecule has 1 amide bonds. The van der Waals surface area contributed by atoms with Crippen LogP contribution < -0.4 is 11.2 Å². The second-order valence-electron chi connectivity index (χ2n) is 6.02. The number of carbonyl (C=O) groups excluding carboxylic acids is 1. The molecule has 1 aliphatic carbocycles. The molecule has 3 N–H and O–H groups in total. The Hall–Kier alpha value is -2.02. The molecule has 1 aliphatic rings. The van der Waals surface area contributed by atoms with Crippen LogP contribution in [0.2, 0.25) is 0 Å². The maximum Gasteiger partial charge on any atom is 0.230 e. The molecule has 122 valence electrons. The van der Waals surface area contributed by atoms with E-state index in [1.54, 1.807) is 0 Å². The van der Waals surface area contributed by atoms with Gasteiger partial charge in [0.15, 0.2) is 5.82 Å². The number of benzene rings is 1. The zero-order valence-electron chi connectivity index (χ0n) is 13.3. The van der Waals surface area contributed by atoms with Crippen LogP contribution in [0.5, 0.6) is 0 Å². The molecule has 0 bridgehead atoms. The highest BCUT2D eigenvalue weighted by atomic mass is 32.2. The van der Waals surface area contributed by atoms with Crippen molar-refractivity contribution in [3.05, 3.63) is 29.8 Å². The van der Waals surface area contributed by atoms with E-state index in [0.29, 0.717) is 22.7 Å². The smallest absolute Gasteiger partial charge is 0.230 e. The van der Waals surface area contributed by atoms with Gasteiger partial charge in [0.05, 0.1) is 5.75 Å². The zero-order chi connectivity index (χ0) is 16.4. The third kappa shape index (κ3) is 3.85. The molecule has 0 radical (unpaired) electrons. The number of carbonyl (C=O) groups is 1. The Bertz CT molecular complexity index is 693. The van der Waals surface area contributed by atoms with E-state index >= 15 is 0 Å². The van der Waals surface area contributed by atoms with E-state index in [2.05, 4.69) is 22.4 Å². The van der Waals surface area contributed by atoms with E-state index in [-0.39, 0.29) is 11.9 Å². The number of aromatic nitrogens is 3. The first kappa shape index (κ1) is 15.9. The summed E-state index contributed by atoms with van der Waals surface area (Å²) in [6, 6.07) is 8.18. The van der Waals surface area contributed by atoms with Gasteiger partial charge >= 0.3 is 0 Å². The highest BCUT2D eigenvalue weighted by molar-refractivity contribution is 7.99. The first-order chi connectivity index (χ1) is 11.0. The van der Waals surface area contributed by atoms with Gasteiger partial charge in [0.25, 0.3) is 0 Å². The molecule has 1 fully saturated rings. The molecule has 7 heteroatoms. The van der Waals surface area contributed by atoms with Crippen LogP contribution in [0, 0.1) is 12.8 Å². The van der Waals surface area contributed by atoms with Crippen molar-refractivity contribution < 1.29 is 4.79 Å². The third-order valence-electron chi connectivity index (χ3n) is 4.02. The predicted octanol–water partition coefficient (Wildman–Crippen LogP) is 1.97. The van der Waals surface area contributed by atoms with Crippen molar-refractivity contribution in [1.82, 2.24) is 20.2 Å². The second kappa shape index (κ2) is 6.62. The van der Waals surface area contributed by atoms with Crippen LogP contribution in [-0.2, 0) is 4.79 Å². The van der Waals surface area contributed by atoms with Gasteiger partial charge in [-0.3, -0.25) is 4.79 Å². The first-order valence-electron chi connectivity index (χ1n) is 7.74. The molecule has 6 nitrogen and oxygen atoms in total. The van der Waals surface area contributed by atoms with Gasteiger partial charge in [-0.2, -0.15) is 0 Å². The summed E-state index contributed by atoms with van der Waals surface area (Å²) in [5.41, 5.74) is 2.08. The van der Waals surface area contributed by atoms with Crippen molar-refractivity contribution in [2.75, 3.05) is 11.6 Å². The van der Waals surface area contributed by atoms with E-state index in [9.17, 15) is 4.79 Å². The Labute approximate surface area is 139 Å². The topological polar surface area (TPSA) is 85.8 Å². The summed E-state index contributed by atoms with van der Waals surface area (Å²) < 4.78 is 1.44. The molecule has 1 heterocycles. The number of nitrogens with zero attached hydrogens (tertiary/aromatic N) is 3. The van der Waals surface area contributed by atoms with Gasteiger partial charge in [0.1, 0.15) is 0 Å². The minimum absolute atomic E-state index is 0.00860. The SMILES string of the molecule is Cc1ccc(-c2nnc(SCC(=O)N[C@@H](C)C3CC3)n2N)cc1. The lowest BCUT2D eigenvalue weighted by Crippen LogP contribution is -2.35. The number of hydrogen-bond donors (Lipinski definition) is 2. The van der Waals surface area contributed by atoms with Gasteiger partial charge in [-0.25, -0.2) is 4.68 Å². The number of rotatable bonds is 6. The highest BCUT2D eigenvalue weighted by Gasteiger charge is 2.28. The third-order valence-corrected chi connectivity index (χ3v) is 4.97. The largest absolute Gasteiger partial charge is 0.353 e. The van der Waals surface area contributed by atoms with Crippen LogP contribution in [-0.4, -0.2) is 32.6 Å². The molecule has 0 unspecified atom stereocenters. The summed E-state index contributed by atoms with van der Waals surface area (Å²) in [6.45, 7) is 4.08. The van der Waals surface area contributed by atoms with Crippen LogP contribution in [0.15, 0.2) is 29.4 Å². The van der Waals surface area contributed by atoms with E-state index in [1.807, 2.05) is 31.2 Å². The summed E-state index contributed by atoms with van der Waals surface area (Å²) >= 11 is 1.30. The lowest BCUT2D eigenvalue weighted by Gasteiger charge is -2.12. The minimum atomic E-state index is 0.00860. The Kier molecular flexibility index (Phi) is 4.56. The lowest BCUT2D eigenvalue weighted by atomic mass is 10.1. The van der Waals surface area contributed by atoms with Crippen molar-refractivity contribution >= 4 is 17.7 Å². The number of nitrogen functional groups attached to an aromatic ring is 1. The molecular weight excluding hydrogens is 310 g/mol. The monoisotopic (exact) mass is 331 g/mol. The average molecular weight is 331 g/mol.